The van der Waals surface area contributed by atoms with E-state index in [0.717, 1.165) is 27.6 Å². The van der Waals surface area contributed by atoms with Gasteiger partial charge in [-0.2, -0.15) is 0 Å². The van der Waals surface area contributed by atoms with Crippen LogP contribution in [0.5, 0.6) is 0 Å². The quantitative estimate of drug-likeness (QED) is 0.568. The average Bonchev–Trinajstić information content (AvgIpc) is 3.00. The fourth-order valence-electron chi connectivity index (χ4n) is 3.11. The van der Waals surface area contributed by atoms with Gasteiger partial charge in [-0.15, -0.1) is 0 Å². The summed E-state index contributed by atoms with van der Waals surface area (Å²) >= 11 is 3.40. The third-order valence-electron chi connectivity index (χ3n) is 4.34. The molecule has 0 saturated heterocycles. The lowest BCUT2D eigenvalue weighted by atomic mass is 10.2. The van der Waals surface area contributed by atoms with Crippen LogP contribution in [0, 0.1) is 0 Å². The zero-order chi connectivity index (χ0) is 20.1. The zero-order valence-corrected chi connectivity index (χ0v) is 17.5. The number of carbonyl (C=O) groups excluding carboxylic acids is 2. The molecule has 0 aliphatic heterocycles. The molecule has 3 rings (SSSR count). The van der Waals surface area contributed by atoms with Gasteiger partial charge in [-0.1, -0.05) is 41.1 Å². The highest BCUT2D eigenvalue weighted by Gasteiger charge is 2.19. The van der Waals surface area contributed by atoms with Crippen molar-refractivity contribution in [1.82, 2.24) is 14.9 Å². The molecule has 28 heavy (non-hydrogen) atoms. The van der Waals surface area contributed by atoms with Gasteiger partial charge < -0.3 is 15.2 Å². The van der Waals surface area contributed by atoms with Crippen molar-refractivity contribution in [2.45, 2.75) is 39.3 Å². The van der Waals surface area contributed by atoms with Crippen molar-refractivity contribution in [2.75, 3.05) is 5.32 Å². The Hall–Kier alpha value is -2.67. The molecular formula is C21H23BrN4O2. The van der Waals surface area contributed by atoms with Crippen molar-refractivity contribution in [2.24, 2.45) is 0 Å². The Morgan fingerprint density at radius 2 is 1.93 bits per heavy atom. The number of imidazole rings is 1. The molecule has 146 valence electrons. The molecule has 1 heterocycles. The number of amides is 2. The highest BCUT2D eigenvalue weighted by Crippen LogP contribution is 2.22. The molecule has 3 aromatic rings. The minimum Gasteiger partial charge on any atom is -0.346 e. The molecule has 0 fully saturated rings. The highest BCUT2D eigenvalue weighted by molar-refractivity contribution is 9.10. The van der Waals surface area contributed by atoms with E-state index >= 15 is 0 Å². The van der Waals surface area contributed by atoms with Gasteiger partial charge in [0.1, 0.15) is 12.4 Å². The zero-order valence-electron chi connectivity index (χ0n) is 15.9. The highest BCUT2D eigenvalue weighted by atomic mass is 79.9. The summed E-state index contributed by atoms with van der Waals surface area (Å²) in [5.74, 6) is 0.483. The van der Waals surface area contributed by atoms with Crippen LogP contribution in [-0.4, -0.2) is 21.4 Å². The monoisotopic (exact) mass is 442 g/mol. The molecule has 0 spiro atoms. The number of nitrogens with one attached hydrogen (secondary N) is 2. The van der Waals surface area contributed by atoms with E-state index in [9.17, 15) is 9.59 Å². The standard InChI is InChI=1S/C21H23BrN4O2/c1-3-7-19(27)23-14(2)21-25-17-10-4-5-11-18(17)26(21)13-20(28)24-16-9-6-8-15(22)12-16/h4-6,8-12,14H,3,7,13H2,1-2H3,(H,23,27)(H,24,28). The SMILES string of the molecule is CCCC(=O)NC(C)c1nc2ccccc2n1CC(=O)Nc1cccc(Br)c1. The first-order valence-corrected chi connectivity index (χ1v) is 10.1. The molecule has 0 bridgehead atoms. The fraction of sp³-hybridized carbons (Fsp3) is 0.286. The Balaban J connectivity index is 1.86. The number of carbonyl (C=O) groups is 2. The number of nitrogens with zero attached hydrogens (tertiary/aromatic N) is 2. The predicted octanol–water partition coefficient (Wildman–Crippen LogP) is 4.41. The molecule has 2 amide bonds. The summed E-state index contributed by atoms with van der Waals surface area (Å²) in [5.41, 5.74) is 2.37. The number of aromatic nitrogens is 2. The molecule has 1 unspecified atom stereocenters. The smallest absolute Gasteiger partial charge is 0.244 e. The maximum Gasteiger partial charge on any atom is 0.244 e. The number of hydrogen-bond donors (Lipinski definition) is 2. The van der Waals surface area contributed by atoms with Gasteiger partial charge in [0.15, 0.2) is 0 Å². The molecule has 1 atom stereocenters. The van der Waals surface area contributed by atoms with Crippen LogP contribution in [-0.2, 0) is 16.1 Å². The van der Waals surface area contributed by atoms with Gasteiger partial charge in [0.25, 0.3) is 0 Å². The largest absolute Gasteiger partial charge is 0.346 e. The minimum absolute atomic E-state index is 0.0211. The third-order valence-corrected chi connectivity index (χ3v) is 4.83. The van der Waals surface area contributed by atoms with Crippen molar-refractivity contribution < 1.29 is 9.59 Å². The summed E-state index contributed by atoms with van der Waals surface area (Å²) in [6.45, 7) is 3.96. The normalized spacial score (nSPS) is 12.0. The van der Waals surface area contributed by atoms with Gasteiger partial charge in [0.05, 0.1) is 17.1 Å². The van der Waals surface area contributed by atoms with Crippen molar-refractivity contribution in [3.63, 3.8) is 0 Å². The molecule has 2 aromatic carbocycles. The number of benzene rings is 2. The second kappa shape index (κ2) is 9.01. The maximum absolute atomic E-state index is 12.7. The van der Waals surface area contributed by atoms with Gasteiger partial charge in [0.2, 0.25) is 11.8 Å². The third kappa shape index (κ3) is 4.78. The van der Waals surface area contributed by atoms with Crippen LogP contribution in [0.1, 0.15) is 38.6 Å². The summed E-state index contributed by atoms with van der Waals surface area (Å²) in [4.78, 5) is 29.3. The van der Waals surface area contributed by atoms with Gasteiger partial charge in [-0.25, -0.2) is 4.98 Å². The van der Waals surface area contributed by atoms with Crippen molar-refractivity contribution in [3.05, 3.63) is 58.8 Å². The van der Waals surface area contributed by atoms with Gasteiger partial charge in [-0.3, -0.25) is 9.59 Å². The topological polar surface area (TPSA) is 76.0 Å². The van der Waals surface area contributed by atoms with Gasteiger partial charge >= 0.3 is 0 Å². The predicted molar refractivity (Wildman–Crippen MR) is 114 cm³/mol. The molecule has 0 aliphatic carbocycles. The van der Waals surface area contributed by atoms with Crippen LogP contribution in [0.25, 0.3) is 11.0 Å². The van der Waals surface area contributed by atoms with E-state index in [1.165, 1.54) is 0 Å². The molecule has 0 saturated carbocycles. The number of rotatable bonds is 7. The number of halogens is 1. The number of anilines is 1. The Kier molecular flexibility index (Phi) is 6.46. The molecule has 7 heteroatoms. The summed E-state index contributed by atoms with van der Waals surface area (Å²) in [7, 11) is 0. The lowest BCUT2D eigenvalue weighted by molar-refractivity contribution is -0.121. The summed E-state index contributed by atoms with van der Waals surface area (Å²) in [5, 5.41) is 5.88. The number of hydrogen-bond acceptors (Lipinski definition) is 3. The lowest BCUT2D eigenvalue weighted by Crippen LogP contribution is -2.29. The van der Waals surface area contributed by atoms with Crippen LogP contribution >= 0.6 is 15.9 Å². The van der Waals surface area contributed by atoms with Crippen LogP contribution < -0.4 is 10.6 Å². The van der Waals surface area contributed by atoms with E-state index in [4.69, 9.17) is 0 Å². The average molecular weight is 443 g/mol. The van der Waals surface area contributed by atoms with E-state index in [1.54, 1.807) is 0 Å². The molecule has 0 radical (unpaired) electrons. The molecule has 2 N–H and O–H groups in total. The van der Waals surface area contributed by atoms with Gasteiger partial charge in [0, 0.05) is 16.6 Å². The van der Waals surface area contributed by atoms with Crippen LogP contribution in [0.4, 0.5) is 5.69 Å². The summed E-state index contributed by atoms with van der Waals surface area (Å²) in [6, 6.07) is 14.8. The second-order valence-corrected chi connectivity index (χ2v) is 7.56. The summed E-state index contributed by atoms with van der Waals surface area (Å²) < 4.78 is 2.76. The molecular weight excluding hydrogens is 420 g/mol. The van der Waals surface area contributed by atoms with E-state index in [-0.39, 0.29) is 24.4 Å². The first-order valence-electron chi connectivity index (χ1n) is 9.28. The van der Waals surface area contributed by atoms with E-state index in [2.05, 4.69) is 31.5 Å². The molecule has 0 aliphatic rings. The van der Waals surface area contributed by atoms with Crippen LogP contribution in [0.3, 0.4) is 0 Å². The summed E-state index contributed by atoms with van der Waals surface area (Å²) in [6.07, 6.45) is 1.25. The first kappa shape index (κ1) is 20.1. The Morgan fingerprint density at radius 1 is 1.14 bits per heavy atom. The maximum atomic E-state index is 12.7. The van der Waals surface area contributed by atoms with E-state index in [1.807, 2.05) is 66.9 Å². The number of para-hydroxylation sites is 2. The van der Waals surface area contributed by atoms with Gasteiger partial charge in [-0.05, 0) is 43.7 Å². The van der Waals surface area contributed by atoms with Crippen molar-refractivity contribution in [1.29, 1.82) is 0 Å². The van der Waals surface area contributed by atoms with Crippen LogP contribution in [0.15, 0.2) is 53.0 Å². The molecule has 6 nitrogen and oxygen atoms in total. The van der Waals surface area contributed by atoms with Crippen molar-refractivity contribution >= 4 is 44.5 Å². The van der Waals surface area contributed by atoms with E-state index < -0.39 is 0 Å². The van der Waals surface area contributed by atoms with Crippen molar-refractivity contribution in [3.8, 4) is 0 Å². The molecule has 1 aromatic heterocycles. The number of fused-ring (bicyclic) bond motifs is 1. The fourth-order valence-corrected chi connectivity index (χ4v) is 3.51. The Bertz CT molecular complexity index is 999. The lowest BCUT2D eigenvalue weighted by Gasteiger charge is -2.16. The second-order valence-electron chi connectivity index (χ2n) is 6.64. The minimum atomic E-state index is -0.301. The Labute approximate surface area is 172 Å². The van der Waals surface area contributed by atoms with Crippen LogP contribution in [0.2, 0.25) is 0 Å². The van der Waals surface area contributed by atoms with E-state index in [0.29, 0.717) is 12.2 Å². The first-order chi connectivity index (χ1) is 13.5. The Morgan fingerprint density at radius 3 is 2.68 bits per heavy atom.